The SMILES string of the molecule is CNC(CCCCOCC(F)(F)F)C(C)(C)C. The zero-order valence-electron chi connectivity index (χ0n) is 11.2. The van der Waals surface area contributed by atoms with Crippen molar-refractivity contribution >= 4 is 0 Å². The Morgan fingerprint density at radius 3 is 2.12 bits per heavy atom. The molecule has 1 N–H and O–H groups in total. The molecule has 0 aromatic carbocycles. The zero-order valence-corrected chi connectivity index (χ0v) is 11.2. The van der Waals surface area contributed by atoms with Gasteiger partial charge in [0.05, 0.1) is 0 Å². The zero-order chi connectivity index (χ0) is 13.5. The predicted molar refractivity (Wildman–Crippen MR) is 63.0 cm³/mol. The fraction of sp³-hybridized carbons (Fsp3) is 1.00. The van der Waals surface area contributed by atoms with Crippen LogP contribution in [0.4, 0.5) is 13.2 Å². The molecule has 0 aliphatic heterocycles. The van der Waals surface area contributed by atoms with E-state index >= 15 is 0 Å². The maximum Gasteiger partial charge on any atom is 0.411 e. The first-order chi connectivity index (χ1) is 7.67. The highest BCUT2D eigenvalue weighted by atomic mass is 19.4. The molecule has 104 valence electrons. The third-order valence-electron chi connectivity index (χ3n) is 2.69. The maximum atomic E-state index is 11.8. The molecule has 1 unspecified atom stereocenters. The predicted octanol–water partition coefficient (Wildman–Crippen LogP) is 3.37. The van der Waals surface area contributed by atoms with Gasteiger partial charge in [-0.1, -0.05) is 20.8 Å². The molecule has 0 saturated carbocycles. The highest BCUT2D eigenvalue weighted by molar-refractivity contribution is 4.78. The second kappa shape index (κ2) is 7.21. The summed E-state index contributed by atoms with van der Waals surface area (Å²) >= 11 is 0. The minimum atomic E-state index is -4.21. The number of alkyl halides is 3. The summed E-state index contributed by atoms with van der Waals surface area (Å²) in [6.07, 6.45) is -1.71. The van der Waals surface area contributed by atoms with Crippen LogP contribution in [0.3, 0.4) is 0 Å². The lowest BCUT2D eigenvalue weighted by molar-refractivity contribution is -0.174. The van der Waals surface area contributed by atoms with E-state index in [9.17, 15) is 13.2 Å². The summed E-state index contributed by atoms with van der Waals surface area (Å²) in [6.45, 7) is 5.48. The van der Waals surface area contributed by atoms with Crippen LogP contribution in [0.15, 0.2) is 0 Å². The molecule has 2 nitrogen and oxygen atoms in total. The van der Waals surface area contributed by atoms with E-state index < -0.39 is 12.8 Å². The number of unbranched alkanes of at least 4 members (excludes halogenated alkanes) is 1. The quantitative estimate of drug-likeness (QED) is 0.704. The number of nitrogens with one attached hydrogen (secondary N) is 1. The van der Waals surface area contributed by atoms with Gasteiger partial charge in [-0.15, -0.1) is 0 Å². The van der Waals surface area contributed by atoms with E-state index in [2.05, 4.69) is 30.8 Å². The van der Waals surface area contributed by atoms with E-state index in [1.54, 1.807) is 0 Å². The first kappa shape index (κ1) is 16.7. The van der Waals surface area contributed by atoms with Crippen molar-refractivity contribution in [2.75, 3.05) is 20.3 Å². The molecule has 17 heavy (non-hydrogen) atoms. The Bertz CT molecular complexity index is 199. The van der Waals surface area contributed by atoms with Crippen LogP contribution in [0.1, 0.15) is 40.0 Å². The molecule has 0 heterocycles. The van der Waals surface area contributed by atoms with Gasteiger partial charge in [-0.25, -0.2) is 0 Å². The molecule has 1 atom stereocenters. The lowest BCUT2D eigenvalue weighted by Gasteiger charge is -2.30. The van der Waals surface area contributed by atoms with Gasteiger partial charge in [0.25, 0.3) is 0 Å². The second-order valence-electron chi connectivity index (χ2n) is 5.37. The number of hydrogen-bond acceptors (Lipinski definition) is 2. The standard InChI is InChI=1S/C12H24F3NO/c1-11(2,3)10(16-4)7-5-6-8-17-9-12(13,14)15/h10,16H,5-9H2,1-4H3. The normalized spacial score (nSPS) is 15.0. The molecule has 0 saturated heterocycles. The van der Waals surface area contributed by atoms with Gasteiger partial charge in [-0.3, -0.25) is 0 Å². The second-order valence-corrected chi connectivity index (χ2v) is 5.37. The van der Waals surface area contributed by atoms with Crippen molar-refractivity contribution in [2.45, 2.75) is 52.3 Å². The van der Waals surface area contributed by atoms with Crippen molar-refractivity contribution in [1.82, 2.24) is 5.32 Å². The summed E-state index contributed by atoms with van der Waals surface area (Å²) in [5, 5.41) is 3.24. The van der Waals surface area contributed by atoms with Gasteiger partial charge >= 0.3 is 6.18 Å². The fourth-order valence-electron chi connectivity index (χ4n) is 1.75. The van der Waals surface area contributed by atoms with Gasteiger partial charge in [0, 0.05) is 12.6 Å². The van der Waals surface area contributed by atoms with Crippen molar-refractivity contribution in [3.8, 4) is 0 Å². The Balaban J connectivity index is 3.57. The molecule has 0 aliphatic carbocycles. The molecule has 0 amide bonds. The molecule has 0 bridgehead atoms. The Morgan fingerprint density at radius 1 is 1.12 bits per heavy atom. The number of rotatable bonds is 7. The summed E-state index contributed by atoms with van der Waals surface area (Å²) in [5.74, 6) is 0. The smallest absolute Gasteiger partial charge is 0.372 e. The third kappa shape index (κ3) is 9.41. The van der Waals surface area contributed by atoms with E-state index in [1.807, 2.05) is 7.05 Å². The molecular formula is C12H24F3NO. The van der Waals surface area contributed by atoms with Crippen LogP contribution < -0.4 is 5.32 Å². The molecule has 0 rings (SSSR count). The molecule has 0 radical (unpaired) electrons. The Labute approximate surface area is 102 Å². The van der Waals surface area contributed by atoms with Crippen molar-refractivity contribution in [1.29, 1.82) is 0 Å². The van der Waals surface area contributed by atoms with E-state index in [1.165, 1.54) is 0 Å². The fourth-order valence-corrected chi connectivity index (χ4v) is 1.75. The van der Waals surface area contributed by atoms with E-state index in [4.69, 9.17) is 0 Å². The largest absolute Gasteiger partial charge is 0.411 e. The maximum absolute atomic E-state index is 11.8. The van der Waals surface area contributed by atoms with E-state index in [0.717, 1.165) is 12.8 Å². The van der Waals surface area contributed by atoms with E-state index in [0.29, 0.717) is 12.5 Å². The summed E-state index contributed by atoms with van der Waals surface area (Å²) in [7, 11) is 1.91. The van der Waals surface area contributed by atoms with E-state index in [-0.39, 0.29) is 12.0 Å². The van der Waals surface area contributed by atoms with Crippen LogP contribution in [-0.2, 0) is 4.74 Å². The van der Waals surface area contributed by atoms with Crippen molar-refractivity contribution in [2.24, 2.45) is 5.41 Å². The highest BCUT2D eigenvalue weighted by Crippen LogP contribution is 2.23. The van der Waals surface area contributed by atoms with Gasteiger partial charge in [0.15, 0.2) is 0 Å². The van der Waals surface area contributed by atoms with Gasteiger partial charge in [-0.05, 0) is 31.7 Å². The third-order valence-corrected chi connectivity index (χ3v) is 2.69. The summed E-state index contributed by atoms with van der Waals surface area (Å²) in [6, 6.07) is 0.380. The lowest BCUT2D eigenvalue weighted by Crippen LogP contribution is -2.37. The number of ether oxygens (including phenoxy) is 1. The molecule has 0 fully saturated rings. The van der Waals surface area contributed by atoms with Gasteiger partial charge in [-0.2, -0.15) is 13.2 Å². The van der Waals surface area contributed by atoms with Crippen LogP contribution in [-0.4, -0.2) is 32.5 Å². The summed E-state index contributed by atoms with van der Waals surface area (Å²) in [4.78, 5) is 0. The van der Waals surface area contributed by atoms with Gasteiger partial charge in [0.1, 0.15) is 6.61 Å². The first-order valence-electron chi connectivity index (χ1n) is 5.98. The number of hydrogen-bond donors (Lipinski definition) is 1. The van der Waals surface area contributed by atoms with Crippen LogP contribution >= 0.6 is 0 Å². The average Bonchev–Trinajstić information content (AvgIpc) is 2.12. The number of halogens is 3. The molecule has 0 aliphatic rings. The minimum Gasteiger partial charge on any atom is -0.372 e. The molecule has 0 spiro atoms. The Kier molecular flexibility index (Phi) is 7.09. The highest BCUT2D eigenvalue weighted by Gasteiger charge is 2.27. The average molecular weight is 255 g/mol. The molecular weight excluding hydrogens is 231 g/mol. The summed E-state index contributed by atoms with van der Waals surface area (Å²) < 4.78 is 39.9. The topological polar surface area (TPSA) is 21.3 Å². The van der Waals surface area contributed by atoms with Gasteiger partial charge in [0.2, 0.25) is 0 Å². The minimum absolute atomic E-state index is 0.168. The monoisotopic (exact) mass is 255 g/mol. The summed E-state index contributed by atoms with van der Waals surface area (Å²) in [5.41, 5.74) is 0.168. The molecule has 0 aromatic heterocycles. The Morgan fingerprint density at radius 2 is 1.71 bits per heavy atom. The van der Waals surface area contributed by atoms with Crippen molar-refractivity contribution in [3.05, 3.63) is 0 Å². The molecule has 0 aromatic rings. The Hall–Kier alpha value is -0.290. The lowest BCUT2D eigenvalue weighted by atomic mass is 9.84. The first-order valence-corrected chi connectivity index (χ1v) is 5.98. The van der Waals surface area contributed by atoms with Crippen LogP contribution in [0, 0.1) is 5.41 Å². The van der Waals surface area contributed by atoms with Crippen molar-refractivity contribution < 1.29 is 17.9 Å². The van der Waals surface area contributed by atoms with Crippen LogP contribution in [0.25, 0.3) is 0 Å². The van der Waals surface area contributed by atoms with Crippen LogP contribution in [0.5, 0.6) is 0 Å². The van der Waals surface area contributed by atoms with Crippen LogP contribution in [0.2, 0.25) is 0 Å². The molecule has 5 heteroatoms. The van der Waals surface area contributed by atoms with Crippen molar-refractivity contribution in [3.63, 3.8) is 0 Å². The van der Waals surface area contributed by atoms with Gasteiger partial charge < -0.3 is 10.1 Å².